The average molecular weight is 355 g/mol. The molecule has 0 bridgehead atoms. The van der Waals surface area contributed by atoms with E-state index in [9.17, 15) is 29.3 Å². The van der Waals surface area contributed by atoms with E-state index in [-0.39, 0.29) is 13.1 Å². The number of rotatable bonds is 5. The molecule has 0 saturated carbocycles. The van der Waals surface area contributed by atoms with Crippen LogP contribution in [0, 0.1) is 5.82 Å². The van der Waals surface area contributed by atoms with Crippen molar-refractivity contribution < 1.29 is 29.3 Å². The Bertz CT molecular complexity index is 612. The number of urea groups is 1. The second-order valence-electron chi connectivity index (χ2n) is 5.87. The van der Waals surface area contributed by atoms with Crippen LogP contribution in [0.2, 0.25) is 0 Å². The molecule has 5 N–H and O–H groups in total. The van der Waals surface area contributed by atoms with Crippen LogP contribution in [-0.2, 0) is 4.79 Å². The molecule has 4 atom stereocenters. The molecule has 1 aliphatic rings. The minimum atomic E-state index is -1.69. The molecule has 1 aromatic carbocycles. The molecule has 1 aromatic rings. The van der Waals surface area contributed by atoms with Crippen LogP contribution in [0.4, 0.5) is 14.9 Å². The van der Waals surface area contributed by atoms with Crippen molar-refractivity contribution in [1.29, 1.82) is 0 Å². The van der Waals surface area contributed by atoms with Crippen LogP contribution in [0.25, 0.3) is 0 Å². The van der Waals surface area contributed by atoms with Gasteiger partial charge in [-0.25, -0.2) is 9.18 Å². The van der Waals surface area contributed by atoms with Crippen LogP contribution < -0.4 is 10.6 Å². The summed E-state index contributed by atoms with van der Waals surface area (Å²) in [4.78, 5) is 25.3. The molecule has 1 saturated heterocycles. The zero-order chi connectivity index (χ0) is 18.6. The van der Waals surface area contributed by atoms with Gasteiger partial charge < -0.3 is 30.9 Å². The Morgan fingerprint density at radius 3 is 2.44 bits per heavy atom. The number of carbonyl (C=O) groups is 2. The monoisotopic (exact) mass is 355 g/mol. The van der Waals surface area contributed by atoms with Gasteiger partial charge in [0.05, 0.1) is 6.04 Å². The van der Waals surface area contributed by atoms with E-state index in [0.717, 1.165) is 0 Å². The molecule has 1 fully saturated rings. The van der Waals surface area contributed by atoms with E-state index in [1.807, 2.05) is 6.92 Å². The zero-order valence-corrected chi connectivity index (χ0v) is 13.7. The van der Waals surface area contributed by atoms with E-state index in [1.165, 1.54) is 29.2 Å². The third-order valence-electron chi connectivity index (χ3n) is 4.04. The largest absolute Gasteiger partial charge is 0.388 e. The summed E-state index contributed by atoms with van der Waals surface area (Å²) in [6.07, 6.45) is -4.12. The zero-order valence-electron chi connectivity index (χ0n) is 13.7. The number of piperidine rings is 1. The second kappa shape index (κ2) is 8.24. The smallest absolute Gasteiger partial charge is 0.319 e. The van der Waals surface area contributed by atoms with Gasteiger partial charge in [0, 0.05) is 18.8 Å². The Balaban J connectivity index is 1.99. The number of hydrogen-bond acceptors (Lipinski definition) is 5. The van der Waals surface area contributed by atoms with Gasteiger partial charge >= 0.3 is 6.03 Å². The Morgan fingerprint density at radius 1 is 1.20 bits per heavy atom. The van der Waals surface area contributed by atoms with Crippen LogP contribution in [0.15, 0.2) is 24.3 Å². The third kappa shape index (κ3) is 4.44. The van der Waals surface area contributed by atoms with Crippen LogP contribution >= 0.6 is 0 Å². The molecule has 0 spiro atoms. The van der Waals surface area contributed by atoms with Gasteiger partial charge in [0.15, 0.2) is 6.10 Å². The number of halogens is 1. The predicted octanol–water partition coefficient (Wildman–Crippen LogP) is -0.349. The maximum absolute atomic E-state index is 12.8. The number of benzene rings is 1. The molecule has 0 aromatic heterocycles. The fraction of sp³-hybridized carbons (Fsp3) is 0.500. The lowest BCUT2D eigenvalue weighted by Crippen LogP contribution is -2.66. The molecule has 138 valence electrons. The summed E-state index contributed by atoms with van der Waals surface area (Å²) in [6, 6.07) is 3.68. The van der Waals surface area contributed by atoms with E-state index < -0.39 is 42.1 Å². The highest BCUT2D eigenvalue weighted by molar-refractivity contribution is 5.89. The van der Waals surface area contributed by atoms with E-state index in [1.54, 1.807) is 0 Å². The van der Waals surface area contributed by atoms with Gasteiger partial charge in [-0.1, -0.05) is 6.92 Å². The number of likely N-dealkylation sites (tertiary alicyclic amines) is 1. The molecule has 0 radical (unpaired) electrons. The lowest BCUT2D eigenvalue weighted by molar-refractivity contribution is -0.175. The topological polar surface area (TPSA) is 122 Å². The lowest BCUT2D eigenvalue weighted by atomic mass is 9.93. The first-order valence-electron chi connectivity index (χ1n) is 8.00. The van der Waals surface area contributed by atoms with Crippen LogP contribution in [0.5, 0.6) is 0 Å². The summed E-state index contributed by atoms with van der Waals surface area (Å²) in [7, 11) is 0. The Hall–Kier alpha value is -2.23. The van der Waals surface area contributed by atoms with Crippen LogP contribution in [0.1, 0.15) is 13.3 Å². The van der Waals surface area contributed by atoms with E-state index in [2.05, 4.69) is 10.6 Å². The molecular formula is C16H22FN3O5. The van der Waals surface area contributed by atoms with Gasteiger partial charge in [0.1, 0.15) is 18.0 Å². The highest BCUT2D eigenvalue weighted by Gasteiger charge is 2.46. The maximum Gasteiger partial charge on any atom is 0.319 e. The summed E-state index contributed by atoms with van der Waals surface area (Å²) in [5.41, 5.74) is 0.375. The van der Waals surface area contributed by atoms with E-state index in [4.69, 9.17) is 0 Å². The number of aliphatic hydroxyl groups excluding tert-OH is 3. The van der Waals surface area contributed by atoms with Crippen molar-refractivity contribution >= 4 is 17.6 Å². The third-order valence-corrected chi connectivity index (χ3v) is 4.04. The van der Waals surface area contributed by atoms with Crippen molar-refractivity contribution in [3.8, 4) is 0 Å². The van der Waals surface area contributed by atoms with Crippen molar-refractivity contribution in [1.82, 2.24) is 10.2 Å². The SMILES string of the molecule is CCCN1C(=O)[C@H](O)[C@H](O)[C@H](O)[C@H]1CNC(=O)Nc1ccc(F)cc1. The Morgan fingerprint density at radius 2 is 1.84 bits per heavy atom. The summed E-state index contributed by atoms with van der Waals surface area (Å²) < 4.78 is 12.8. The van der Waals surface area contributed by atoms with Crippen molar-refractivity contribution in [2.24, 2.45) is 0 Å². The lowest BCUT2D eigenvalue weighted by Gasteiger charge is -2.43. The molecule has 1 heterocycles. The number of nitrogens with one attached hydrogen (secondary N) is 2. The fourth-order valence-corrected chi connectivity index (χ4v) is 2.73. The highest BCUT2D eigenvalue weighted by Crippen LogP contribution is 2.20. The second-order valence-corrected chi connectivity index (χ2v) is 5.87. The normalized spacial score (nSPS) is 26.4. The predicted molar refractivity (Wildman–Crippen MR) is 87.2 cm³/mol. The van der Waals surface area contributed by atoms with Gasteiger partial charge in [-0.05, 0) is 30.7 Å². The first-order chi connectivity index (χ1) is 11.8. The number of carbonyl (C=O) groups excluding carboxylic acids is 2. The van der Waals surface area contributed by atoms with Gasteiger partial charge in [-0.2, -0.15) is 0 Å². The van der Waals surface area contributed by atoms with Gasteiger partial charge in [-0.15, -0.1) is 0 Å². The van der Waals surface area contributed by atoms with Crippen LogP contribution in [0.3, 0.4) is 0 Å². The molecule has 0 aliphatic carbocycles. The Kier molecular flexibility index (Phi) is 6.29. The van der Waals surface area contributed by atoms with Crippen molar-refractivity contribution in [3.63, 3.8) is 0 Å². The summed E-state index contributed by atoms with van der Waals surface area (Å²) >= 11 is 0. The Labute approximate surface area is 144 Å². The first-order valence-corrected chi connectivity index (χ1v) is 8.00. The number of aliphatic hydroxyl groups is 3. The van der Waals surface area contributed by atoms with Crippen molar-refractivity contribution in [2.75, 3.05) is 18.4 Å². The van der Waals surface area contributed by atoms with Gasteiger partial charge in [0.2, 0.25) is 0 Å². The molecule has 1 aliphatic heterocycles. The van der Waals surface area contributed by atoms with E-state index >= 15 is 0 Å². The molecule has 3 amide bonds. The number of anilines is 1. The molecule has 8 nitrogen and oxygen atoms in total. The summed E-state index contributed by atoms with van der Waals surface area (Å²) in [5, 5.41) is 34.6. The maximum atomic E-state index is 12.8. The minimum Gasteiger partial charge on any atom is -0.388 e. The summed E-state index contributed by atoms with van der Waals surface area (Å²) in [5.74, 6) is -1.12. The molecule has 0 unspecified atom stereocenters. The van der Waals surface area contributed by atoms with Gasteiger partial charge in [-0.3, -0.25) is 4.79 Å². The van der Waals surface area contributed by atoms with Crippen molar-refractivity contribution in [2.45, 2.75) is 37.7 Å². The highest BCUT2D eigenvalue weighted by atomic mass is 19.1. The van der Waals surface area contributed by atoms with Gasteiger partial charge in [0.25, 0.3) is 5.91 Å². The molecule has 2 rings (SSSR count). The fourth-order valence-electron chi connectivity index (χ4n) is 2.73. The summed E-state index contributed by atoms with van der Waals surface area (Å²) in [6.45, 7) is 1.97. The van der Waals surface area contributed by atoms with Crippen molar-refractivity contribution in [3.05, 3.63) is 30.1 Å². The van der Waals surface area contributed by atoms with Crippen LogP contribution in [-0.4, -0.2) is 69.6 Å². The quantitative estimate of drug-likeness (QED) is 0.494. The minimum absolute atomic E-state index is 0.121. The number of nitrogens with zero attached hydrogens (tertiary/aromatic N) is 1. The first kappa shape index (κ1) is 19.1. The average Bonchev–Trinajstić information content (AvgIpc) is 2.59. The molecule has 9 heteroatoms. The number of amides is 3. The standard InChI is InChI=1S/C16H22FN3O5/c1-2-7-20-11(12(21)13(22)14(23)15(20)24)8-18-16(25)19-10-5-3-9(17)4-6-10/h3-6,11-14,21-23H,2,7-8H2,1H3,(H2,18,19,25)/t11-,12-,13-,14-/m1/s1. The van der Waals surface area contributed by atoms with E-state index in [0.29, 0.717) is 12.1 Å². The molecule has 25 heavy (non-hydrogen) atoms. The molecular weight excluding hydrogens is 333 g/mol. The number of hydrogen-bond donors (Lipinski definition) is 5.